The Balaban J connectivity index is 2.07. The maximum Gasteiger partial charge on any atom is 0.222 e. The van der Waals surface area contributed by atoms with Crippen LogP contribution in [0, 0.1) is 10.5 Å². The number of hydrogen-bond donors (Lipinski definition) is 1. The molecule has 21 heavy (non-hydrogen) atoms. The van der Waals surface area contributed by atoms with E-state index in [9.17, 15) is 0 Å². The molecule has 2 aromatic rings. The van der Waals surface area contributed by atoms with E-state index in [1.807, 2.05) is 37.4 Å². The van der Waals surface area contributed by atoms with E-state index >= 15 is 0 Å². The fourth-order valence-electron chi connectivity index (χ4n) is 1.81. The van der Waals surface area contributed by atoms with Crippen LogP contribution in [0.3, 0.4) is 0 Å². The first-order valence-corrected chi connectivity index (χ1v) is 8.05. The lowest BCUT2D eigenvalue weighted by Crippen LogP contribution is -2.35. The lowest BCUT2D eigenvalue weighted by Gasteiger charge is -2.20. The SMILES string of the molecule is Cc1cc(CNC(C)(C)C)cnc1Oc1ccc(I)cc1. The highest BCUT2D eigenvalue weighted by Gasteiger charge is 2.10. The predicted octanol–water partition coefficient (Wildman–Crippen LogP) is 4.68. The number of aromatic nitrogens is 1. The van der Waals surface area contributed by atoms with Gasteiger partial charge >= 0.3 is 0 Å². The Kier molecular flexibility index (Phi) is 5.22. The molecule has 2 rings (SSSR count). The number of hydrogen-bond acceptors (Lipinski definition) is 3. The summed E-state index contributed by atoms with van der Waals surface area (Å²) in [7, 11) is 0. The summed E-state index contributed by atoms with van der Waals surface area (Å²) >= 11 is 2.28. The smallest absolute Gasteiger partial charge is 0.222 e. The molecular weight excluding hydrogens is 375 g/mol. The molecule has 0 aliphatic rings. The van der Waals surface area contributed by atoms with Gasteiger partial charge in [0.1, 0.15) is 5.75 Å². The lowest BCUT2D eigenvalue weighted by molar-refractivity contribution is 0.422. The number of rotatable bonds is 4. The van der Waals surface area contributed by atoms with Gasteiger partial charge in [0.05, 0.1) is 0 Å². The monoisotopic (exact) mass is 396 g/mol. The highest BCUT2D eigenvalue weighted by molar-refractivity contribution is 14.1. The normalized spacial score (nSPS) is 11.5. The van der Waals surface area contributed by atoms with Gasteiger partial charge < -0.3 is 10.1 Å². The van der Waals surface area contributed by atoms with E-state index in [0.717, 1.165) is 23.4 Å². The molecule has 0 spiro atoms. The fraction of sp³-hybridized carbons (Fsp3) is 0.353. The number of halogens is 1. The van der Waals surface area contributed by atoms with Crippen LogP contribution in [0.2, 0.25) is 0 Å². The average Bonchev–Trinajstić information content (AvgIpc) is 2.41. The Bertz CT molecular complexity index is 603. The summed E-state index contributed by atoms with van der Waals surface area (Å²) in [6.07, 6.45) is 1.87. The molecule has 0 aliphatic heterocycles. The molecule has 0 unspecified atom stereocenters. The molecule has 0 fully saturated rings. The van der Waals surface area contributed by atoms with E-state index in [1.54, 1.807) is 0 Å². The largest absolute Gasteiger partial charge is 0.439 e. The topological polar surface area (TPSA) is 34.2 Å². The Labute approximate surface area is 140 Å². The van der Waals surface area contributed by atoms with Gasteiger partial charge in [-0.05, 0) is 86.2 Å². The van der Waals surface area contributed by atoms with E-state index < -0.39 is 0 Å². The van der Waals surface area contributed by atoms with Crippen molar-refractivity contribution in [2.75, 3.05) is 0 Å². The molecular formula is C17H21IN2O. The first kappa shape index (κ1) is 16.2. The van der Waals surface area contributed by atoms with Crippen molar-refractivity contribution in [3.63, 3.8) is 0 Å². The van der Waals surface area contributed by atoms with Gasteiger partial charge in [0, 0.05) is 27.4 Å². The van der Waals surface area contributed by atoms with Crippen LogP contribution in [-0.2, 0) is 6.54 Å². The summed E-state index contributed by atoms with van der Waals surface area (Å²) in [6, 6.07) is 10.1. The van der Waals surface area contributed by atoms with Crippen molar-refractivity contribution in [2.45, 2.75) is 39.8 Å². The number of benzene rings is 1. The van der Waals surface area contributed by atoms with Gasteiger partial charge in [0.15, 0.2) is 0 Å². The second kappa shape index (κ2) is 6.75. The third-order valence-corrected chi connectivity index (χ3v) is 3.66. The minimum absolute atomic E-state index is 0.101. The van der Waals surface area contributed by atoms with Crippen LogP contribution in [0.5, 0.6) is 11.6 Å². The maximum absolute atomic E-state index is 5.83. The van der Waals surface area contributed by atoms with Gasteiger partial charge in [0.2, 0.25) is 5.88 Å². The summed E-state index contributed by atoms with van der Waals surface area (Å²) in [6.45, 7) is 9.29. The third-order valence-electron chi connectivity index (χ3n) is 2.94. The maximum atomic E-state index is 5.83. The van der Waals surface area contributed by atoms with E-state index in [4.69, 9.17) is 4.74 Å². The molecule has 0 amide bonds. The number of aryl methyl sites for hydroxylation is 1. The van der Waals surface area contributed by atoms with E-state index in [-0.39, 0.29) is 5.54 Å². The fourth-order valence-corrected chi connectivity index (χ4v) is 2.17. The van der Waals surface area contributed by atoms with E-state index in [1.165, 1.54) is 3.57 Å². The molecule has 1 N–H and O–H groups in total. The van der Waals surface area contributed by atoms with Gasteiger partial charge in [0.25, 0.3) is 0 Å². The first-order valence-electron chi connectivity index (χ1n) is 6.97. The molecule has 1 aromatic carbocycles. The zero-order valence-electron chi connectivity index (χ0n) is 12.9. The zero-order chi connectivity index (χ0) is 15.5. The molecule has 0 saturated heterocycles. The number of nitrogens with zero attached hydrogens (tertiary/aromatic N) is 1. The van der Waals surface area contributed by atoms with Gasteiger partial charge in [-0.1, -0.05) is 0 Å². The Morgan fingerprint density at radius 2 is 1.86 bits per heavy atom. The van der Waals surface area contributed by atoms with Crippen LogP contribution in [0.15, 0.2) is 36.5 Å². The van der Waals surface area contributed by atoms with Gasteiger partial charge in [-0.25, -0.2) is 4.98 Å². The minimum Gasteiger partial charge on any atom is -0.439 e. The van der Waals surface area contributed by atoms with Crippen molar-refractivity contribution < 1.29 is 4.74 Å². The average molecular weight is 396 g/mol. The Hall–Kier alpha value is -1.14. The first-order chi connectivity index (χ1) is 9.83. The number of nitrogens with one attached hydrogen (secondary N) is 1. The molecule has 1 aromatic heterocycles. The second-order valence-corrected chi connectivity index (χ2v) is 7.37. The lowest BCUT2D eigenvalue weighted by atomic mass is 10.1. The van der Waals surface area contributed by atoms with Crippen molar-refractivity contribution >= 4 is 22.6 Å². The van der Waals surface area contributed by atoms with Crippen LogP contribution in [0.1, 0.15) is 31.9 Å². The standard InChI is InChI=1S/C17H21IN2O/c1-12-9-13(11-20-17(2,3)4)10-19-16(12)21-15-7-5-14(18)6-8-15/h5-10,20H,11H2,1-4H3. The summed E-state index contributed by atoms with van der Waals surface area (Å²) in [4.78, 5) is 4.43. The zero-order valence-corrected chi connectivity index (χ0v) is 15.1. The second-order valence-electron chi connectivity index (χ2n) is 6.13. The molecule has 112 valence electrons. The molecule has 3 nitrogen and oxygen atoms in total. The van der Waals surface area contributed by atoms with Crippen molar-refractivity contribution in [1.82, 2.24) is 10.3 Å². The van der Waals surface area contributed by atoms with Gasteiger partial charge in [-0.3, -0.25) is 0 Å². The van der Waals surface area contributed by atoms with Crippen molar-refractivity contribution in [1.29, 1.82) is 0 Å². The van der Waals surface area contributed by atoms with Crippen LogP contribution in [0.25, 0.3) is 0 Å². The van der Waals surface area contributed by atoms with Crippen molar-refractivity contribution in [3.05, 3.63) is 51.2 Å². The van der Waals surface area contributed by atoms with Gasteiger partial charge in [-0.15, -0.1) is 0 Å². The quantitative estimate of drug-likeness (QED) is 0.763. The highest BCUT2D eigenvalue weighted by atomic mass is 127. The molecule has 4 heteroatoms. The Morgan fingerprint density at radius 1 is 1.19 bits per heavy atom. The molecule has 0 bridgehead atoms. The van der Waals surface area contributed by atoms with Crippen LogP contribution in [0.4, 0.5) is 0 Å². The number of pyridine rings is 1. The van der Waals surface area contributed by atoms with Crippen LogP contribution in [-0.4, -0.2) is 10.5 Å². The van der Waals surface area contributed by atoms with Crippen molar-refractivity contribution in [3.8, 4) is 11.6 Å². The molecule has 0 saturated carbocycles. The Morgan fingerprint density at radius 3 is 2.43 bits per heavy atom. The van der Waals surface area contributed by atoms with Crippen molar-refractivity contribution in [2.24, 2.45) is 0 Å². The highest BCUT2D eigenvalue weighted by Crippen LogP contribution is 2.24. The van der Waals surface area contributed by atoms with Crippen LogP contribution >= 0.6 is 22.6 Å². The molecule has 0 radical (unpaired) electrons. The van der Waals surface area contributed by atoms with Crippen LogP contribution < -0.4 is 10.1 Å². The van der Waals surface area contributed by atoms with E-state index in [2.05, 4.69) is 59.7 Å². The summed E-state index contributed by atoms with van der Waals surface area (Å²) in [5.74, 6) is 1.47. The molecule has 1 heterocycles. The minimum atomic E-state index is 0.101. The summed E-state index contributed by atoms with van der Waals surface area (Å²) < 4.78 is 7.02. The third kappa shape index (κ3) is 5.28. The number of ether oxygens (including phenoxy) is 1. The van der Waals surface area contributed by atoms with E-state index in [0.29, 0.717) is 5.88 Å². The molecule has 0 aliphatic carbocycles. The predicted molar refractivity (Wildman–Crippen MR) is 94.8 cm³/mol. The summed E-state index contributed by atoms with van der Waals surface area (Å²) in [5.41, 5.74) is 2.31. The summed E-state index contributed by atoms with van der Waals surface area (Å²) in [5, 5.41) is 3.46. The van der Waals surface area contributed by atoms with Gasteiger partial charge in [-0.2, -0.15) is 0 Å². The molecule has 0 atom stereocenters.